The molecular formula is C24H19Cl2N3O5S. The van der Waals surface area contributed by atoms with Crippen LogP contribution in [0.2, 0.25) is 10.0 Å². The van der Waals surface area contributed by atoms with Crippen LogP contribution in [-0.4, -0.2) is 28.0 Å². The van der Waals surface area contributed by atoms with Crippen molar-refractivity contribution in [1.82, 2.24) is 0 Å². The van der Waals surface area contributed by atoms with Crippen molar-refractivity contribution in [3.05, 3.63) is 81.6 Å². The van der Waals surface area contributed by atoms with Crippen LogP contribution in [0.4, 0.5) is 11.4 Å². The number of para-hydroxylation sites is 1. The number of amides is 1. The maximum Gasteiger partial charge on any atom is 0.241 e. The smallest absolute Gasteiger partial charge is 0.241 e. The molecule has 8 nitrogen and oxygen atoms in total. The summed E-state index contributed by atoms with van der Waals surface area (Å²) in [6, 6.07) is 14.4. The fourth-order valence-corrected chi connectivity index (χ4v) is 4.93. The maximum atomic E-state index is 12.8. The lowest BCUT2D eigenvalue weighted by Crippen LogP contribution is -2.24. The van der Waals surface area contributed by atoms with Gasteiger partial charge in [0.1, 0.15) is 16.4 Å². The van der Waals surface area contributed by atoms with E-state index in [1.807, 2.05) is 6.07 Å². The van der Waals surface area contributed by atoms with Gasteiger partial charge in [-0.2, -0.15) is 0 Å². The van der Waals surface area contributed by atoms with E-state index in [0.29, 0.717) is 23.0 Å². The number of nitrogens with zero attached hydrogens (tertiary/aromatic N) is 2. The van der Waals surface area contributed by atoms with E-state index in [9.17, 15) is 13.2 Å². The zero-order valence-corrected chi connectivity index (χ0v) is 20.7. The highest BCUT2D eigenvalue weighted by atomic mass is 35.5. The molecule has 35 heavy (non-hydrogen) atoms. The lowest BCUT2D eigenvalue weighted by atomic mass is 9.98. The first-order chi connectivity index (χ1) is 16.6. The van der Waals surface area contributed by atoms with Crippen LogP contribution in [-0.2, 0) is 14.8 Å². The molecule has 11 heteroatoms. The summed E-state index contributed by atoms with van der Waals surface area (Å²) in [6.07, 6.45) is 0.222. The number of carbonyl (C=O) groups is 1. The number of hydrogen-bond donors (Lipinski definition) is 1. The zero-order valence-electron chi connectivity index (χ0n) is 18.4. The van der Waals surface area contributed by atoms with Crippen LogP contribution in [0.15, 0.2) is 59.5 Å². The number of anilines is 1. The van der Waals surface area contributed by atoms with Crippen molar-refractivity contribution in [2.24, 2.45) is 5.14 Å². The molecule has 1 fully saturated rings. The molecule has 1 amide bonds. The van der Waals surface area contributed by atoms with Gasteiger partial charge in [0.05, 0.1) is 23.7 Å². The van der Waals surface area contributed by atoms with Crippen LogP contribution in [0.25, 0.3) is 4.85 Å². The van der Waals surface area contributed by atoms with Crippen LogP contribution in [0.3, 0.4) is 0 Å². The van der Waals surface area contributed by atoms with Crippen molar-refractivity contribution in [2.75, 3.05) is 18.6 Å². The molecule has 0 spiro atoms. The third-order valence-corrected chi connectivity index (χ3v) is 7.16. The molecule has 0 unspecified atom stereocenters. The van der Waals surface area contributed by atoms with Crippen molar-refractivity contribution in [2.45, 2.75) is 17.2 Å². The van der Waals surface area contributed by atoms with Gasteiger partial charge in [0.25, 0.3) is 0 Å². The topological polar surface area (TPSA) is 103 Å². The first kappa shape index (κ1) is 24.8. The Hall–Kier alpha value is -3.29. The highest BCUT2D eigenvalue weighted by Gasteiger charge is 2.33. The second-order valence-electron chi connectivity index (χ2n) is 7.78. The van der Waals surface area contributed by atoms with Crippen LogP contribution in [0, 0.1) is 6.57 Å². The Labute approximate surface area is 212 Å². The van der Waals surface area contributed by atoms with Gasteiger partial charge in [0.2, 0.25) is 21.6 Å². The largest absolute Gasteiger partial charge is 0.495 e. The molecule has 0 aliphatic carbocycles. The highest BCUT2D eigenvalue weighted by Crippen LogP contribution is 2.42. The van der Waals surface area contributed by atoms with Crippen molar-refractivity contribution in [1.29, 1.82) is 0 Å². The van der Waals surface area contributed by atoms with Gasteiger partial charge < -0.3 is 14.4 Å². The number of halogens is 2. The summed E-state index contributed by atoms with van der Waals surface area (Å²) in [7, 11) is -2.65. The molecule has 1 heterocycles. The summed E-state index contributed by atoms with van der Waals surface area (Å²) in [4.78, 5) is 17.7. The third kappa shape index (κ3) is 5.06. The molecule has 180 valence electrons. The molecule has 4 rings (SSSR count). The molecule has 0 aromatic heterocycles. The maximum absolute atomic E-state index is 12.8. The number of carbonyl (C=O) groups excluding carboxylic acids is 1. The van der Waals surface area contributed by atoms with Crippen molar-refractivity contribution in [3.63, 3.8) is 0 Å². The minimum atomic E-state index is -3.98. The predicted octanol–water partition coefficient (Wildman–Crippen LogP) is 5.51. The average molecular weight is 532 g/mol. The zero-order chi connectivity index (χ0) is 25.3. The number of rotatable bonds is 6. The summed E-state index contributed by atoms with van der Waals surface area (Å²) in [6.45, 7) is 7.69. The minimum absolute atomic E-state index is 0.0544. The van der Waals surface area contributed by atoms with Crippen LogP contribution in [0.5, 0.6) is 17.2 Å². The summed E-state index contributed by atoms with van der Waals surface area (Å²) in [5, 5.41) is 5.84. The number of nitrogens with two attached hydrogens (primary N) is 1. The molecule has 1 aliphatic heterocycles. The second kappa shape index (κ2) is 9.76. The first-order valence-corrected chi connectivity index (χ1v) is 12.6. The minimum Gasteiger partial charge on any atom is -0.495 e. The lowest BCUT2D eigenvalue weighted by Gasteiger charge is -2.19. The molecular weight excluding hydrogens is 513 g/mol. The average Bonchev–Trinajstić information content (AvgIpc) is 3.22. The highest BCUT2D eigenvalue weighted by molar-refractivity contribution is 7.89. The molecule has 1 saturated heterocycles. The Kier molecular flexibility index (Phi) is 6.92. The molecule has 3 aromatic carbocycles. The number of benzene rings is 3. The number of sulfonamides is 1. The van der Waals surface area contributed by atoms with E-state index in [0.717, 1.165) is 5.56 Å². The van der Waals surface area contributed by atoms with E-state index in [1.165, 1.54) is 25.3 Å². The van der Waals surface area contributed by atoms with E-state index < -0.39 is 10.0 Å². The van der Waals surface area contributed by atoms with E-state index >= 15 is 0 Å². The lowest BCUT2D eigenvalue weighted by molar-refractivity contribution is -0.117. The second-order valence-corrected chi connectivity index (χ2v) is 10.1. The summed E-state index contributed by atoms with van der Waals surface area (Å²) in [5.41, 5.74) is 1.55. The van der Waals surface area contributed by atoms with Gasteiger partial charge in [-0.05, 0) is 35.9 Å². The SMILES string of the molecule is [C-]#[N+]c1cccc(Cl)c1Oc1cc([C@H]2CC(=O)N(c3ccc(S(N)(=O)=O)c(OC)c3)C2)ccc1Cl. The van der Waals surface area contributed by atoms with Crippen LogP contribution >= 0.6 is 23.2 Å². The summed E-state index contributed by atoms with van der Waals surface area (Å²) < 4.78 is 34.6. The molecule has 0 radical (unpaired) electrons. The molecule has 1 aliphatic rings. The number of primary sulfonamides is 1. The van der Waals surface area contributed by atoms with Crippen molar-refractivity contribution < 1.29 is 22.7 Å². The Morgan fingerprint density at radius 1 is 1.09 bits per heavy atom. The van der Waals surface area contributed by atoms with Gasteiger partial charge in [-0.1, -0.05) is 41.4 Å². The van der Waals surface area contributed by atoms with Gasteiger partial charge in [0, 0.05) is 30.6 Å². The molecule has 2 N–H and O–H groups in total. The Bertz CT molecular complexity index is 1470. The normalized spacial score (nSPS) is 15.7. The molecule has 1 atom stereocenters. The molecule has 0 saturated carbocycles. The first-order valence-electron chi connectivity index (χ1n) is 10.3. The van der Waals surface area contributed by atoms with E-state index in [4.69, 9.17) is 44.4 Å². The Balaban J connectivity index is 1.62. The molecule has 3 aromatic rings. The van der Waals surface area contributed by atoms with Gasteiger partial charge in [-0.15, -0.1) is 0 Å². The van der Waals surface area contributed by atoms with Crippen molar-refractivity contribution in [3.8, 4) is 17.2 Å². The van der Waals surface area contributed by atoms with E-state index in [1.54, 1.807) is 35.2 Å². The van der Waals surface area contributed by atoms with Gasteiger partial charge >= 0.3 is 0 Å². The van der Waals surface area contributed by atoms with Gasteiger partial charge in [-0.3, -0.25) is 4.79 Å². The number of methoxy groups -OCH3 is 1. The van der Waals surface area contributed by atoms with E-state index in [2.05, 4.69) is 4.85 Å². The molecule has 0 bridgehead atoms. The summed E-state index contributed by atoms with van der Waals surface area (Å²) in [5.74, 6) is 0.247. The van der Waals surface area contributed by atoms with Crippen LogP contribution in [0.1, 0.15) is 17.9 Å². The Morgan fingerprint density at radius 2 is 1.86 bits per heavy atom. The predicted molar refractivity (Wildman–Crippen MR) is 133 cm³/mol. The van der Waals surface area contributed by atoms with Gasteiger partial charge in [-0.25, -0.2) is 18.4 Å². The standard InChI is InChI=1S/C24H19Cl2N3O5S/c1-28-19-5-3-4-18(26)24(19)34-20-10-14(6-8-17(20)25)15-11-23(30)29(13-15)16-7-9-22(35(27,31)32)21(12-16)33-2/h3-10,12,15H,11,13H2,2H3,(H2,27,31,32)/t15-/m0/s1. The quantitative estimate of drug-likeness (QED) is 0.422. The fraction of sp³-hybridized carbons (Fsp3) is 0.167. The fourth-order valence-electron chi connectivity index (χ4n) is 3.89. The third-order valence-electron chi connectivity index (χ3n) is 5.60. The van der Waals surface area contributed by atoms with E-state index in [-0.39, 0.29) is 45.4 Å². The number of ether oxygens (including phenoxy) is 2. The summed E-state index contributed by atoms with van der Waals surface area (Å²) >= 11 is 12.6. The Morgan fingerprint density at radius 3 is 2.54 bits per heavy atom. The monoisotopic (exact) mass is 531 g/mol. The van der Waals surface area contributed by atoms with Crippen LogP contribution < -0.4 is 19.5 Å². The van der Waals surface area contributed by atoms with Crippen molar-refractivity contribution >= 4 is 50.5 Å². The van der Waals surface area contributed by atoms with Gasteiger partial charge in [0.15, 0.2) is 5.75 Å². The number of hydrogen-bond acceptors (Lipinski definition) is 5.